The fraction of sp³-hybridized carbons (Fsp3) is 0.389. The molecule has 0 unspecified atom stereocenters. The molecule has 0 aliphatic heterocycles. The Bertz CT molecular complexity index is 707. The third-order valence-corrected chi connectivity index (χ3v) is 3.19. The van der Waals surface area contributed by atoms with E-state index >= 15 is 0 Å². The van der Waals surface area contributed by atoms with Crippen LogP contribution >= 0.6 is 0 Å². The van der Waals surface area contributed by atoms with Gasteiger partial charge < -0.3 is 14.2 Å². The Labute approximate surface area is 147 Å². The van der Waals surface area contributed by atoms with Crippen LogP contribution in [0.25, 0.3) is 0 Å². The molecule has 0 saturated heterocycles. The van der Waals surface area contributed by atoms with Gasteiger partial charge in [-0.3, -0.25) is 10.1 Å². The van der Waals surface area contributed by atoms with Crippen molar-refractivity contribution in [3.63, 3.8) is 0 Å². The van der Waals surface area contributed by atoms with E-state index in [1.165, 1.54) is 0 Å². The Morgan fingerprint density at radius 3 is 2.16 bits per heavy atom. The van der Waals surface area contributed by atoms with Crippen LogP contribution in [0.5, 0.6) is 17.2 Å². The van der Waals surface area contributed by atoms with Gasteiger partial charge >= 0.3 is 0 Å². The van der Waals surface area contributed by atoms with E-state index in [2.05, 4.69) is 15.3 Å². The molecule has 0 atom stereocenters. The van der Waals surface area contributed by atoms with Crippen molar-refractivity contribution in [2.45, 2.75) is 27.7 Å². The molecule has 7 heteroatoms. The van der Waals surface area contributed by atoms with E-state index in [4.69, 9.17) is 14.2 Å². The molecule has 0 bridgehead atoms. The number of nitrogens with zero attached hydrogens (tertiary/aromatic N) is 2. The highest BCUT2D eigenvalue weighted by Crippen LogP contribution is 2.39. The van der Waals surface area contributed by atoms with Gasteiger partial charge in [0.25, 0.3) is 5.91 Å². The molecule has 134 valence electrons. The first-order valence-electron chi connectivity index (χ1n) is 8.26. The topological polar surface area (TPSA) is 82.6 Å². The average Bonchev–Trinajstić information content (AvgIpc) is 2.58. The van der Waals surface area contributed by atoms with Crippen LogP contribution in [0, 0.1) is 6.92 Å². The summed E-state index contributed by atoms with van der Waals surface area (Å²) in [6.45, 7) is 8.78. The first kappa shape index (κ1) is 18.5. The zero-order valence-electron chi connectivity index (χ0n) is 15.0. The second kappa shape index (κ2) is 8.86. The lowest BCUT2D eigenvalue weighted by Crippen LogP contribution is -2.15. The highest BCUT2D eigenvalue weighted by molar-refractivity contribution is 6.04. The van der Waals surface area contributed by atoms with E-state index in [1.54, 1.807) is 24.4 Å². The number of nitrogens with one attached hydrogen (secondary N) is 1. The summed E-state index contributed by atoms with van der Waals surface area (Å²) in [5, 5.41) is 2.68. The van der Waals surface area contributed by atoms with Gasteiger partial charge in [-0.25, -0.2) is 9.97 Å². The summed E-state index contributed by atoms with van der Waals surface area (Å²) in [4.78, 5) is 20.8. The molecule has 0 aliphatic carbocycles. The largest absolute Gasteiger partial charge is 0.490 e. The second-order valence-electron chi connectivity index (χ2n) is 5.08. The van der Waals surface area contributed by atoms with Gasteiger partial charge in [-0.15, -0.1) is 0 Å². The Morgan fingerprint density at radius 1 is 1.04 bits per heavy atom. The number of aryl methyl sites for hydroxylation is 1. The minimum absolute atomic E-state index is 0.245. The number of ether oxygens (including phenoxy) is 3. The first-order chi connectivity index (χ1) is 12.1. The van der Waals surface area contributed by atoms with Crippen molar-refractivity contribution in [2.75, 3.05) is 25.1 Å². The maximum Gasteiger partial charge on any atom is 0.258 e. The molecule has 2 aromatic rings. The monoisotopic (exact) mass is 345 g/mol. The summed E-state index contributed by atoms with van der Waals surface area (Å²) in [5.74, 6) is 1.32. The molecule has 1 heterocycles. The molecule has 7 nitrogen and oxygen atoms in total. The van der Waals surface area contributed by atoms with Crippen LogP contribution in [-0.2, 0) is 0 Å². The maximum atomic E-state index is 12.6. The first-order valence-corrected chi connectivity index (χ1v) is 8.26. The van der Waals surface area contributed by atoms with E-state index in [0.717, 1.165) is 5.69 Å². The standard InChI is InChI=1S/C18H23N3O4/c1-5-23-14-10-13(11-15(24-6-2)16(14)25-7-3)17(22)21-18-19-9-8-12(4)20-18/h8-11H,5-7H2,1-4H3,(H,19,20,21,22). The molecule has 2 rings (SSSR count). The predicted octanol–water partition coefficient (Wildman–Crippen LogP) is 3.23. The van der Waals surface area contributed by atoms with Gasteiger partial charge in [0, 0.05) is 17.5 Å². The van der Waals surface area contributed by atoms with Gasteiger partial charge in [0.05, 0.1) is 19.8 Å². The molecule has 0 radical (unpaired) electrons. The van der Waals surface area contributed by atoms with Gasteiger partial charge in [0.2, 0.25) is 11.7 Å². The van der Waals surface area contributed by atoms with Crippen LogP contribution < -0.4 is 19.5 Å². The lowest BCUT2D eigenvalue weighted by atomic mass is 10.1. The van der Waals surface area contributed by atoms with Crippen LogP contribution in [0.3, 0.4) is 0 Å². The van der Waals surface area contributed by atoms with E-state index in [0.29, 0.717) is 42.6 Å². The Morgan fingerprint density at radius 2 is 1.64 bits per heavy atom. The van der Waals surface area contributed by atoms with E-state index in [-0.39, 0.29) is 11.9 Å². The van der Waals surface area contributed by atoms with Gasteiger partial charge in [0.1, 0.15) is 0 Å². The summed E-state index contributed by atoms with van der Waals surface area (Å²) >= 11 is 0. The van der Waals surface area contributed by atoms with Gasteiger partial charge in [-0.05, 0) is 45.9 Å². The van der Waals surface area contributed by atoms with Crippen LogP contribution in [0.15, 0.2) is 24.4 Å². The summed E-state index contributed by atoms with van der Waals surface area (Å²) in [5.41, 5.74) is 1.14. The van der Waals surface area contributed by atoms with Crippen molar-refractivity contribution in [2.24, 2.45) is 0 Å². The second-order valence-corrected chi connectivity index (χ2v) is 5.08. The van der Waals surface area contributed by atoms with Crippen molar-refractivity contribution in [3.05, 3.63) is 35.7 Å². The van der Waals surface area contributed by atoms with Crippen molar-refractivity contribution >= 4 is 11.9 Å². The smallest absolute Gasteiger partial charge is 0.258 e. The molecule has 0 spiro atoms. The molecule has 0 aliphatic rings. The fourth-order valence-corrected chi connectivity index (χ4v) is 2.20. The third kappa shape index (κ3) is 4.82. The van der Waals surface area contributed by atoms with Crippen molar-refractivity contribution in [1.29, 1.82) is 0 Å². The number of carbonyl (C=O) groups excluding carboxylic acids is 1. The fourth-order valence-electron chi connectivity index (χ4n) is 2.20. The summed E-state index contributed by atoms with van der Waals surface area (Å²) in [7, 11) is 0. The number of carbonyl (C=O) groups is 1. The minimum Gasteiger partial charge on any atom is -0.490 e. The highest BCUT2D eigenvalue weighted by Gasteiger charge is 2.19. The SMILES string of the molecule is CCOc1cc(C(=O)Nc2nccc(C)n2)cc(OCC)c1OCC. The lowest BCUT2D eigenvalue weighted by molar-refractivity contribution is 0.102. The van der Waals surface area contributed by atoms with Gasteiger partial charge in [0.15, 0.2) is 11.5 Å². The summed E-state index contributed by atoms with van der Waals surface area (Å²) in [6, 6.07) is 5.01. The number of hydrogen-bond acceptors (Lipinski definition) is 6. The van der Waals surface area contributed by atoms with Crippen molar-refractivity contribution in [1.82, 2.24) is 9.97 Å². The molecule has 1 amide bonds. The normalized spacial score (nSPS) is 10.2. The summed E-state index contributed by atoms with van der Waals surface area (Å²) < 4.78 is 16.9. The van der Waals surface area contributed by atoms with E-state index < -0.39 is 0 Å². The zero-order chi connectivity index (χ0) is 18.2. The third-order valence-electron chi connectivity index (χ3n) is 3.19. The Hall–Kier alpha value is -2.83. The number of benzene rings is 1. The number of aromatic nitrogens is 2. The minimum atomic E-state index is -0.351. The average molecular weight is 345 g/mol. The van der Waals surface area contributed by atoms with E-state index in [1.807, 2.05) is 27.7 Å². The molecule has 1 N–H and O–H groups in total. The zero-order valence-corrected chi connectivity index (χ0v) is 15.0. The number of anilines is 1. The van der Waals surface area contributed by atoms with Crippen LogP contribution in [0.4, 0.5) is 5.95 Å². The predicted molar refractivity (Wildman–Crippen MR) is 94.7 cm³/mol. The molecular formula is C18H23N3O4. The lowest BCUT2D eigenvalue weighted by Gasteiger charge is -2.17. The number of hydrogen-bond donors (Lipinski definition) is 1. The van der Waals surface area contributed by atoms with Crippen LogP contribution in [-0.4, -0.2) is 35.7 Å². The molecule has 0 saturated carbocycles. The Kier molecular flexibility index (Phi) is 6.56. The van der Waals surface area contributed by atoms with Gasteiger partial charge in [-0.1, -0.05) is 0 Å². The molecule has 0 fully saturated rings. The maximum absolute atomic E-state index is 12.6. The quantitative estimate of drug-likeness (QED) is 0.791. The molecule has 25 heavy (non-hydrogen) atoms. The van der Waals surface area contributed by atoms with Crippen molar-refractivity contribution in [3.8, 4) is 17.2 Å². The molecular weight excluding hydrogens is 322 g/mol. The molecule has 1 aromatic heterocycles. The van der Waals surface area contributed by atoms with Gasteiger partial charge in [-0.2, -0.15) is 0 Å². The Balaban J connectivity index is 2.36. The van der Waals surface area contributed by atoms with Crippen molar-refractivity contribution < 1.29 is 19.0 Å². The highest BCUT2D eigenvalue weighted by atomic mass is 16.5. The van der Waals surface area contributed by atoms with Crippen LogP contribution in [0.1, 0.15) is 36.8 Å². The van der Waals surface area contributed by atoms with E-state index in [9.17, 15) is 4.79 Å². The summed E-state index contributed by atoms with van der Waals surface area (Å²) in [6.07, 6.45) is 1.59. The van der Waals surface area contributed by atoms with Crippen LogP contribution in [0.2, 0.25) is 0 Å². The molecule has 1 aromatic carbocycles. The number of amides is 1. The number of rotatable bonds is 8.